The van der Waals surface area contributed by atoms with E-state index in [2.05, 4.69) is 0 Å². The Kier molecular flexibility index (Phi) is 8.59. The lowest BCUT2D eigenvalue weighted by Crippen LogP contribution is -2.04. The number of fused-ring (bicyclic) bond motifs is 2. The number of para-hydroxylation sites is 1. The molecule has 35 heavy (non-hydrogen) atoms. The van der Waals surface area contributed by atoms with E-state index in [1.807, 2.05) is 54.6 Å². The van der Waals surface area contributed by atoms with Crippen LogP contribution in [0.5, 0.6) is 0 Å². The molecule has 0 saturated heterocycles. The molecule has 2 aromatic heterocycles. The lowest BCUT2D eigenvalue weighted by Gasteiger charge is -2.17. The van der Waals surface area contributed by atoms with Crippen molar-refractivity contribution in [2.75, 3.05) is 25.7 Å². The highest BCUT2D eigenvalue weighted by molar-refractivity contribution is 8.16. The number of carbonyl (C=O) groups excluding carboxylic acids is 2. The first-order valence-corrected chi connectivity index (χ1v) is 13.4. The van der Waals surface area contributed by atoms with Gasteiger partial charge < -0.3 is 13.9 Å². The molecule has 0 saturated carbocycles. The molecule has 0 aliphatic carbocycles. The standard InChI is InChI=1S/C26H24ClNO5S2/c1-31-23(29)10-12-34-26(35-13-11-24(30)32-2)19-5-3-4-17-14-22(33-25(17)19)20-9-7-16-6-8-18(27)15-21(16)28-20/h3-9,14-15,26H,10-13H2,1-2H3. The second-order valence-electron chi connectivity index (χ2n) is 7.64. The highest BCUT2D eigenvalue weighted by atomic mass is 35.5. The van der Waals surface area contributed by atoms with Crippen molar-refractivity contribution in [1.82, 2.24) is 4.98 Å². The zero-order chi connectivity index (χ0) is 24.8. The Bertz CT molecular complexity index is 1330. The van der Waals surface area contributed by atoms with E-state index in [-0.39, 0.29) is 16.5 Å². The monoisotopic (exact) mass is 529 g/mol. The predicted molar refractivity (Wildman–Crippen MR) is 143 cm³/mol. The molecule has 0 amide bonds. The van der Waals surface area contributed by atoms with E-state index in [9.17, 15) is 9.59 Å². The van der Waals surface area contributed by atoms with Gasteiger partial charge in [-0.05, 0) is 24.3 Å². The number of benzene rings is 2. The lowest BCUT2D eigenvalue weighted by atomic mass is 10.1. The van der Waals surface area contributed by atoms with Crippen molar-refractivity contribution < 1.29 is 23.5 Å². The average molecular weight is 530 g/mol. The second-order valence-corrected chi connectivity index (χ2v) is 10.8. The normalized spacial score (nSPS) is 11.3. The van der Waals surface area contributed by atoms with Crippen LogP contribution < -0.4 is 0 Å². The van der Waals surface area contributed by atoms with E-state index in [0.29, 0.717) is 35.1 Å². The number of esters is 2. The number of halogens is 1. The maximum atomic E-state index is 11.6. The van der Waals surface area contributed by atoms with Gasteiger partial charge in [0.15, 0.2) is 5.76 Å². The number of pyridine rings is 1. The summed E-state index contributed by atoms with van der Waals surface area (Å²) < 4.78 is 15.8. The summed E-state index contributed by atoms with van der Waals surface area (Å²) in [5.74, 6) is 1.32. The van der Waals surface area contributed by atoms with Crippen LogP contribution in [0.4, 0.5) is 0 Å². The van der Waals surface area contributed by atoms with Gasteiger partial charge in [0.05, 0.1) is 37.2 Å². The van der Waals surface area contributed by atoms with E-state index in [1.54, 1.807) is 23.5 Å². The van der Waals surface area contributed by atoms with Gasteiger partial charge in [-0.1, -0.05) is 41.9 Å². The third-order valence-electron chi connectivity index (χ3n) is 5.34. The molecule has 4 aromatic rings. The predicted octanol–water partition coefficient (Wildman–Crippen LogP) is 6.89. The van der Waals surface area contributed by atoms with Gasteiger partial charge in [-0.25, -0.2) is 4.98 Å². The molecule has 0 aliphatic rings. The molecule has 0 unspecified atom stereocenters. The number of hydrogen-bond acceptors (Lipinski definition) is 8. The summed E-state index contributed by atoms with van der Waals surface area (Å²) in [5.41, 5.74) is 3.26. The van der Waals surface area contributed by atoms with Gasteiger partial charge in [-0.2, -0.15) is 0 Å². The van der Waals surface area contributed by atoms with Crippen molar-refractivity contribution in [3.63, 3.8) is 0 Å². The molecule has 0 bridgehead atoms. The summed E-state index contributed by atoms with van der Waals surface area (Å²) >= 11 is 9.39. The first kappa shape index (κ1) is 25.4. The van der Waals surface area contributed by atoms with E-state index < -0.39 is 0 Å². The SMILES string of the molecule is COC(=O)CCSC(SCCC(=O)OC)c1cccc2cc(-c3ccc4ccc(Cl)cc4n3)oc12. The number of thioether (sulfide) groups is 2. The zero-order valence-corrected chi connectivity index (χ0v) is 21.7. The molecule has 6 nitrogen and oxygen atoms in total. The van der Waals surface area contributed by atoms with Crippen molar-refractivity contribution in [1.29, 1.82) is 0 Å². The first-order valence-electron chi connectivity index (χ1n) is 10.9. The Hall–Kier alpha value is -2.68. The number of hydrogen-bond donors (Lipinski definition) is 0. The summed E-state index contributed by atoms with van der Waals surface area (Å²) in [6.45, 7) is 0. The topological polar surface area (TPSA) is 78.6 Å². The summed E-state index contributed by atoms with van der Waals surface area (Å²) in [4.78, 5) is 28.0. The van der Waals surface area contributed by atoms with Crippen LogP contribution in [0.25, 0.3) is 33.3 Å². The third kappa shape index (κ3) is 6.31. The van der Waals surface area contributed by atoms with Crippen molar-refractivity contribution >= 4 is 68.9 Å². The van der Waals surface area contributed by atoms with Gasteiger partial charge in [-0.3, -0.25) is 9.59 Å². The number of nitrogens with zero attached hydrogens (tertiary/aromatic N) is 1. The van der Waals surface area contributed by atoms with Crippen LogP contribution in [0.1, 0.15) is 23.0 Å². The Morgan fingerprint density at radius 3 is 2.31 bits per heavy atom. The van der Waals surface area contributed by atoms with E-state index in [0.717, 1.165) is 33.1 Å². The zero-order valence-electron chi connectivity index (χ0n) is 19.3. The van der Waals surface area contributed by atoms with Gasteiger partial charge >= 0.3 is 11.9 Å². The number of ether oxygens (including phenoxy) is 2. The molecule has 4 rings (SSSR count). The van der Waals surface area contributed by atoms with Crippen LogP contribution >= 0.6 is 35.1 Å². The Morgan fingerprint density at radius 1 is 0.943 bits per heavy atom. The average Bonchev–Trinajstić information content (AvgIpc) is 3.31. The second kappa shape index (κ2) is 11.8. The lowest BCUT2D eigenvalue weighted by molar-refractivity contribution is -0.140. The minimum Gasteiger partial charge on any atom is -0.469 e. The molecule has 9 heteroatoms. The van der Waals surface area contributed by atoms with Crippen molar-refractivity contribution in [2.45, 2.75) is 17.4 Å². The first-order chi connectivity index (χ1) is 17.0. The maximum absolute atomic E-state index is 11.6. The summed E-state index contributed by atoms with van der Waals surface area (Å²) in [7, 11) is 2.77. The molecule has 0 aliphatic heterocycles. The number of aromatic nitrogens is 1. The molecular formula is C26H24ClNO5S2. The smallest absolute Gasteiger partial charge is 0.306 e. The minimum atomic E-state index is -0.253. The minimum absolute atomic E-state index is 0.0459. The van der Waals surface area contributed by atoms with Crippen LogP contribution in [0.2, 0.25) is 5.02 Å². The number of carbonyl (C=O) groups is 2. The van der Waals surface area contributed by atoms with Crippen molar-refractivity contribution in [3.05, 3.63) is 65.2 Å². The summed E-state index contributed by atoms with van der Waals surface area (Å²) in [6, 6.07) is 17.5. The van der Waals surface area contributed by atoms with E-state index in [1.165, 1.54) is 14.2 Å². The molecule has 2 aromatic carbocycles. The molecule has 182 valence electrons. The fourth-order valence-electron chi connectivity index (χ4n) is 3.56. The Morgan fingerprint density at radius 2 is 1.63 bits per heavy atom. The largest absolute Gasteiger partial charge is 0.469 e. The van der Waals surface area contributed by atoms with Crippen LogP contribution in [0.15, 0.2) is 59.0 Å². The van der Waals surface area contributed by atoms with Gasteiger partial charge in [-0.15, -0.1) is 23.5 Å². The molecule has 0 fully saturated rings. The van der Waals surface area contributed by atoms with Gasteiger partial charge in [0.1, 0.15) is 11.3 Å². The Balaban J connectivity index is 1.64. The van der Waals surface area contributed by atoms with E-state index >= 15 is 0 Å². The van der Waals surface area contributed by atoms with Crippen LogP contribution in [0, 0.1) is 0 Å². The number of methoxy groups -OCH3 is 2. The highest BCUT2D eigenvalue weighted by Gasteiger charge is 2.20. The van der Waals surface area contributed by atoms with E-state index in [4.69, 9.17) is 30.5 Å². The molecule has 0 radical (unpaired) electrons. The molecule has 0 N–H and O–H groups in total. The Labute approximate surface area is 216 Å². The van der Waals surface area contributed by atoms with Gasteiger partial charge in [0.25, 0.3) is 0 Å². The van der Waals surface area contributed by atoms with Gasteiger partial charge in [0.2, 0.25) is 0 Å². The van der Waals surface area contributed by atoms with Crippen LogP contribution in [0.3, 0.4) is 0 Å². The fourth-order valence-corrected chi connectivity index (χ4v) is 6.41. The fraction of sp³-hybridized carbons (Fsp3) is 0.269. The van der Waals surface area contributed by atoms with Gasteiger partial charge in [0, 0.05) is 32.9 Å². The van der Waals surface area contributed by atoms with Crippen molar-refractivity contribution in [3.8, 4) is 11.5 Å². The van der Waals surface area contributed by atoms with Crippen LogP contribution in [-0.2, 0) is 19.1 Å². The molecular weight excluding hydrogens is 506 g/mol. The van der Waals surface area contributed by atoms with Crippen LogP contribution in [-0.4, -0.2) is 42.6 Å². The molecule has 2 heterocycles. The summed E-state index contributed by atoms with van der Waals surface area (Å²) in [6.07, 6.45) is 0.607. The maximum Gasteiger partial charge on any atom is 0.306 e. The molecule has 0 atom stereocenters. The third-order valence-corrected chi connectivity index (χ3v) is 8.39. The number of furan rings is 1. The number of rotatable bonds is 10. The van der Waals surface area contributed by atoms with Crippen molar-refractivity contribution in [2.24, 2.45) is 0 Å². The highest BCUT2D eigenvalue weighted by Crippen LogP contribution is 2.44. The molecule has 0 spiro atoms. The summed E-state index contributed by atoms with van der Waals surface area (Å²) in [5, 5.41) is 2.58. The quantitative estimate of drug-likeness (QED) is 0.162.